The number of hydrogen-bond donors (Lipinski definition) is 3. The molecule has 0 spiro atoms. The predicted octanol–water partition coefficient (Wildman–Crippen LogP) is 0.328. The summed E-state index contributed by atoms with van der Waals surface area (Å²) < 4.78 is 65.5. The molecular formula is C12H16F3N3O4S. The van der Waals surface area contributed by atoms with Crippen LogP contribution in [0.5, 0.6) is 5.75 Å². The summed E-state index contributed by atoms with van der Waals surface area (Å²) in [6.45, 7) is 0.215. The van der Waals surface area contributed by atoms with Gasteiger partial charge in [-0.05, 0) is 37.2 Å². The third-order valence-corrected chi connectivity index (χ3v) is 3.91. The lowest BCUT2D eigenvalue weighted by Gasteiger charge is -2.10. The second-order valence-corrected chi connectivity index (χ2v) is 6.10. The van der Waals surface area contributed by atoms with E-state index >= 15 is 0 Å². The summed E-state index contributed by atoms with van der Waals surface area (Å²) in [5, 5.41) is 2.45. The average molecular weight is 355 g/mol. The highest BCUT2D eigenvalue weighted by Gasteiger charge is 2.31. The third-order valence-electron chi connectivity index (χ3n) is 2.49. The van der Waals surface area contributed by atoms with Gasteiger partial charge in [-0.3, -0.25) is 4.79 Å². The van der Waals surface area contributed by atoms with Crippen molar-refractivity contribution in [3.05, 3.63) is 24.3 Å². The molecule has 0 fully saturated rings. The van der Waals surface area contributed by atoms with Gasteiger partial charge in [0.1, 0.15) is 5.75 Å². The first-order chi connectivity index (χ1) is 10.6. The number of carbonyl (C=O) groups is 1. The van der Waals surface area contributed by atoms with Crippen LogP contribution >= 0.6 is 0 Å². The molecule has 0 aliphatic heterocycles. The molecule has 0 aliphatic carbocycles. The first kappa shape index (κ1) is 19.2. The Kier molecular flexibility index (Phi) is 6.79. The molecular weight excluding hydrogens is 339 g/mol. The zero-order valence-electron chi connectivity index (χ0n) is 11.9. The molecule has 0 unspecified atom stereocenters. The van der Waals surface area contributed by atoms with Crippen LogP contribution in [0.15, 0.2) is 29.2 Å². The molecule has 1 aromatic rings. The van der Waals surface area contributed by atoms with Crippen molar-refractivity contribution in [1.29, 1.82) is 0 Å². The Hall–Kier alpha value is -1.85. The van der Waals surface area contributed by atoms with Gasteiger partial charge >= 0.3 is 6.36 Å². The van der Waals surface area contributed by atoms with Crippen molar-refractivity contribution in [3.8, 4) is 5.75 Å². The highest BCUT2D eigenvalue weighted by molar-refractivity contribution is 7.89. The summed E-state index contributed by atoms with van der Waals surface area (Å²) in [4.78, 5) is 11.1. The highest BCUT2D eigenvalue weighted by atomic mass is 32.2. The lowest BCUT2D eigenvalue weighted by Crippen LogP contribution is -2.37. The molecule has 0 aromatic heterocycles. The van der Waals surface area contributed by atoms with Crippen LogP contribution in [-0.2, 0) is 14.8 Å². The van der Waals surface area contributed by atoms with Crippen molar-refractivity contribution in [1.82, 2.24) is 10.0 Å². The second-order valence-electron chi connectivity index (χ2n) is 4.34. The van der Waals surface area contributed by atoms with E-state index < -0.39 is 34.6 Å². The standard InChI is InChI=1S/C12H16F3N3O4S/c13-12(14,15)22-9-2-4-10(5-3-9)23(20,21)18-8-11(19)17-7-1-6-16/h2-5,18H,1,6-8,16H2,(H,17,19). The molecule has 4 N–H and O–H groups in total. The van der Waals surface area contributed by atoms with Gasteiger partial charge in [0.25, 0.3) is 0 Å². The smallest absolute Gasteiger partial charge is 0.406 e. The van der Waals surface area contributed by atoms with Crippen molar-refractivity contribution in [2.75, 3.05) is 19.6 Å². The van der Waals surface area contributed by atoms with Gasteiger partial charge in [-0.15, -0.1) is 13.2 Å². The van der Waals surface area contributed by atoms with E-state index in [-0.39, 0.29) is 4.90 Å². The molecule has 0 atom stereocenters. The van der Waals surface area contributed by atoms with Crippen LogP contribution < -0.4 is 20.5 Å². The van der Waals surface area contributed by atoms with E-state index in [1.54, 1.807) is 0 Å². The SMILES string of the molecule is NCCCNC(=O)CNS(=O)(=O)c1ccc(OC(F)(F)F)cc1. The number of alkyl halides is 3. The number of nitrogens with one attached hydrogen (secondary N) is 2. The Morgan fingerprint density at radius 3 is 2.35 bits per heavy atom. The van der Waals surface area contributed by atoms with E-state index in [9.17, 15) is 26.4 Å². The molecule has 0 radical (unpaired) electrons. The van der Waals surface area contributed by atoms with Gasteiger partial charge in [0.15, 0.2) is 0 Å². The summed E-state index contributed by atoms with van der Waals surface area (Å²) in [6, 6.07) is 3.61. The van der Waals surface area contributed by atoms with Gasteiger partial charge in [-0.1, -0.05) is 0 Å². The quantitative estimate of drug-likeness (QED) is 0.582. The maximum atomic E-state index is 12.0. The molecule has 7 nitrogen and oxygen atoms in total. The van der Waals surface area contributed by atoms with E-state index in [1.165, 1.54) is 0 Å². The van der Waals surface area contributed by atoms with E-state index in [4.69, 9.17) is 5.73 Å². The summed E-state index contributed by atoms with van der Waals surface area (Å²) in [5.74, 6) is -1.09. The number of rotatable bonds is 8. The lowest BCUT2D eigenvalue weighted by atomic mass is 10.3. The fraction of sp³-hybridized carbons (Fsp3) is 0.417. The lowest BCUT2D eigenvalue weighted by molar-refractivity contribution is -0.274. The van der Waals surface area contributed by atoms with E-state index in [1.807, 2.05) is 4.72 Å². The van der Waals surface area contributed by atoms with Crippen molar-refractivity contribution in [2.45, 2.75) is 17.7 Å². The van der Waals surface area contributed by atoms with Crippen LogP contribution in [0.1, 0.15) is 6.42 Å². The molecule has 0 aliphatic rings. The van der Waals surface area contributed by atoms with Crippen LogP contribution in [0.3, 0.4) is 0 Å². The van der Waals surface area contributed by atoms with Crippen LogP contribution in [0.2, 0.25) is 0 Å². The second kappa shape index (κ2) is 8.13. The number of nitrogens with two attached hydrogens (primary N) is 1. The Bertz CT molecular complexity index is 617. The van der Waals surface area contributed by atoms with Gasteiger partial charge < -0.3 is 15.8 Å². The summed E-state index contributed by atoms with van der Waals surface area (Å²) in [6.07, 6.45) is -4.31. The number of carbonyl (C=O) groups excluding carboxylic acids is 1. The molecule has 23 heavy (non-hydrogen) atoms. The van der Waals surface area contributed by atoms with Gasteiger partial charge in [0.2, 0.25) is 15.9 Å². The normalized spacial score (nSPS) is 12.0. The summed E-state index contributed by atoms with van der Waals surface area (Å²) >= 11 is 0. The molecule has 11 heteroatoms. The van der Waals surface area contributed by atoms with Crippen LogP contribution in [0, 0.1) is 0 Å². The minimum atomic E-state index is -4.86. The van der Waals surface area contributed by atoms with Gasteiger partial charge in [-0.25, -0.2) is 13.1 Å². The van der Waals surface area contributed by atoms with Crippen molar-refractivity contribution < 1.29 is 31.1 Å². The fourth-order valence-corrected chi connectivity index (χ4v) is 2.44. The Labute approximate surface area is 131 Å². The first-order valence-electron chi connectivity index (χ1n) is 6.46. The molecule has 130 valence electrons. The fourth-order valence-electron chi connectivity index (χ4n) is 1.46. The van der Waals surface area contributed by atoms with Crippen LogP contribution in [-0.4, -0.2) is 40.3 Å². The topological polar surface area (TPSA) is 111 Å². The van der Waals surface area contributed by atoms with E-state index in [2.05, 4.69) is 10.1 Å². The zero-order chi connectivity index (χ0) is 17.5. The zero-order valence-corrected chi connectivity index (χ0v) is 12.7. The Morgan fingerprint density at radius 1 is 1.22 bits per heavy atom. The number of amides is 1. The minimum Gasteiger partial charge on any atom is -0.406 e. The van der Waals surface area contributed by atoms with E-state index in [0.717, 1.165) is 24.3 Å². The van der Waals surface area contributed by atoms with Gasteiger partial charge in [-0.2, -0.15) is 0 Å². The molecule has 1 amide bonds. The number of sulfonamides is 1. The van der Waals surface area contributed by atoms with Crippen LogP contribution in [0.4, 0.5) is 13.2 Å². The molecule has 1 aromatic carbocycles. The Morgan fingerprint density at radius 2 is 1.83 bits per heavy atom. The molecule has 0 saturated carbocycles. The first-order valence-corrected chi connectivity index (χ1v) is 7.94. The Balaban J connectivity index is 2.61. The third kappa shape index (κ3) is 7.30. The summed E-state index contributed by atoms with van der Waals surface area (Å²) in [5.41, 5.74) is 5.24. The monoisotopic (exact) mass is 355 g/mol. The van der Waals surface area contributed by atoms with Crippen molar-refractivity contribution >= 4 is 15.9 Å². The highest BCUT2D eigenvalue weighted by Crippen LogP contribution is 2.23. The van der Waals surface area contributed by atoms with Crippen molar-refractivity contribution in [3.63, 3.8) is 0 Å². The number of hydrogen-bond acceptors (Lipinski definition) is 5. The van der Waals surface area contributed by atoms with Gasteiger partial charge in [0, 0.05) is 6.54 Å². The number of ether oxygens (including phenoxy) is 1. The largest absolute Gasteiger partial charge is 0.573 e. The average Bonchev–Trinajstić information content (AvgIpc) is 2.44. The molecule has 0 saturated heterocycles. The summed E-state index contributed by atoms with van der Waals surface area (Å²) in [7, 11) is -4.02. The number of benzene rings is 1. The molecule has 0 bridgehead atoms. The molecule has 0 heterocycles. The minimum absolute atomic E-state index is 0.290. The number of halogens is 3. The van der Waals surface area contributed by atoms with Crippen molar-refractivity contribution in [2.24, 2.45) is 5.73 Å². The predicted molar refractivity (Wildman–Crippen MR) is 75.0 cm³/mol. The van der Waals surface area contributed by atoms with Crippen LogP contribution in [0.25, 0.3) is 0 Å². The van der Waals surface area contributed by atoms with Gasteiger partial charge in [0.05, 0.1) is 11.4 Å². The molecule has 1 rings (SSSR count). The maximum absolute atomic E-state index is 12.0. The van der Waals surface area contributed by atoms with E-state index in [0.29, 0.717) is 19.5 Å². The maximum Gasteiger partial charge on any atom is 0.573 e.